The summed E-state index contributed by atoms with van der Waals surface area (Å²) in [4.78, 5) is 0. The van der Waals surface area contributed by atoms with Crippen LogP contribution in [0.25, 0.3) is 0 Å². The van der Waals surface area contributed by atoms with E-state index in [1.807, 2.05) is 0 Å². The van der Waals surface area contributed by atoms with Crippen LogP contribution in [-0.4, -0.2) is 29.6 Å². The molecule has 0 heterocycles. The van der Waals surface area contributed by atoms with Gasteiger partial charge in [-0.25, -0.2) is 0 Å². The Bertz CT molecular complexity index is 5.61. The van der Waals surface area contributed by atoms with Gasteiger partial charge in [-0.05, 0) is 19.7 Å². The van der Waals surface area contributed by atoms with E-state index in [4.69, 9.17) is 0 Å². The monoisotopic (exact) mass is 154 g/mol. The summed E-state index contributed by atoms with van der Waals surface area (Å²) in [5, 5.41) is 0. The van der Waals surface area contributed by atoms with Gasteiger partial charge in [-0.2, -0.15) is 0 Å². The molecule has 0 atom stereocenters. The molecule has 0 aliphatic carbocycles. The van der Waals surface area contributed by atoms with Crippen LogP contribution in [0.3, 0.4) is 0 Å². The first-order valence-electron chi connectivity index (χ1n) is 0.532. The maximum absolute atomic E-state index is 3.72. The van der Waals surface area contributed by atoms with Gasteiger partial charge in [0.05, 0.1) is 0 Å². The van der Waals surface area contributed by atoms with Crippen molar-refractivity contribution in [2.45, 2.75) is 0 Å². The third-order valence-electron chi connectivity index (χ3n) is 0.0333. The molecule has 0 aromatic heterocycles. The Kier molecular flexibility index (Phi) is 20.0. The maximum atomic E-state index is 3.72. The molecule has 28 valence electrons. The van der Waals surface area contributed by atoms with Gasteiger partial charge >= 0.3 is 29.6 Å². The standard InChI is InChI=1S/Na.H2S4.H/c;1-3-4-2;/h;1-2H;. The fraction of sp³-hybridized carbons (Fsp3) is 0. The van der Waals surface area contributed by atoms with Crippen molar-refractivity contribution in [1.82, 2.24) is 0 Å². The number of thiol groups is 2. The van der Waals surface area contributed by atoms with E-state index >= 15 is 0 Å². The van der Waals surface area contributed by atoms with Crippen LogP contribution in [0, 0.1) is 0 Å². The minimum absolute atomic E-state index is 0. The molecule has 0 nitrogen and oxygen atoms in total. The first-order chi connectivity index (χ1) is 1.91. The van der Waals surface area contributed by atoms with Gasteiger partial charge in [-0.1, -0.05) is 23.3 Å². The molecule has 0 aliphatic heterocycles. The summed E-state index contributed by atoms with van der Waals surface area (Å²) in [7, 11) is 2.66. The van der Waals surface area contributed by atoms with E-state index in [1.165, 1.54) is 19.7 Å². The minimum atomic E-state index is 0. The second kappa shape index (κ2) is 9.64. The molecule has 0 rings (SSSR count). The molecule has 0 aromatic carbocycles. The van der Waals surface area contributed by atoms with E-state index in [0.717, 1.165) is 0 Å². The molecule has 0 amide bonds. The molecular weight excluding hydrogens is 151 g/mol. The number of hydrogen-bond donors (Lipinski definition) is 2. The van der Waals surface area contributed by atoms with Gasteiger partial charge in [0.25, 0.3) is 0 Å². The van der Waals surface area contributed by atoms with Crippen molar-refractivity contribution in [2.75, 3.05) is 0 Å². The average Bonchev–Trinajstić information content (AvgIpc) is 1.37. The van der Waals surface area contributed by atoms with Gasteiger partial charge < -0.3 is 0 Å². The van der Waals surface area contributed by atoms with Gasteiger partial charge in [0.1, 0.15) is 0 Å². The van der Waals surface area contributed by atoms with Crippen LogP contribution < -0.4 is 0 Å². The van der Waals surface area contributed by atoms with Crippen molar-refractivity contribution in [3.8, 4) is 0 Å². The van der Waals surface area contributed by atoms with E-state index in [2.05, 4.69) is 23.3 Å². The van der Waals surface area contributed by atoms with E-state index in [0.29, 0.717) is 0 Å². The quantitative estimate of drug-likeness (QED) is 0.333. The van der Waals surface area contributed by atoms with Crippen LogP contribution in [0.1, 0.15) is 0 Å². The van der Waals surface area contributed by atoms with Crippen molar-refractivity contribution in [3.63, 3.8) is 0 Å². The van der Waals surface area contributed by atoms with E-state index < -0.39 is 0 Å². The van der Waals surface area contributed by atoms with Crippen molar-refractivity contribution in [2.24, 2.45) is 0 Å². The Balaban J connectivity index is 0. The van der Waals surface area contributed by atoms with E-state index in [1.54, 1.807) is 0 Å². The normalized spacial score (nSPS) is 6.00. The molecule has 0 saturated carbocycles. The molecule has 0 radical (unpaired) electrons. The summed E-state index contributed by atoms with van der Waals surface area (Å²) < 4.78 is 0. The third kappa shape index (κ3) is 10.7. The number of rotatable bonds is 1. The second-order valence-corrected chi connectivity index (χ2v) is 4.02. The molecule has 0 saturated heterocycles. The molecular formula is H3NaS4. The molecule has 5 heteroatoms. The molecule has 5 heavy (non-hydrogen) atoms. The molecule has 0 N–H and O–H groups in total. The summed E-state index contributed by atoms with van der Waals surface area (Å²) in [6, 6.07) is 0. The third-order valence-corrected chi connectivity index (χ3v) is 2.70. The van der Waals surface area contributed by atoms with Crippen LogP contribution in [-0.2, 0) is 0 Å². The summed E-state index contributed by atoms with van der Waals surface area (Å²) in [6.45, 7) is 0. The van der Waals surface area contributed by atoms with Crippen molar-refractivity contribution in [1.29, 1.82) is 0 Å². The van der Waals surface area contributed by atoms with Crippen LogP contribution >= 0.6 is 43.0 Å². The molecule has 0 spiro atoms. The molecule has 0 unspecified atom stereocenters. The van der Waals surface area contributed by atoms with Gasteiger partial charge in [0.2, 0.25) is 0 Å². The van der Waals surface area contributed by atoms with Gasteiger partial charge in [0, 0.05) is 0 Å². The zero-order chi connectivity index (χ0) is 3.41. The van der Waals surface area contributed by atoms with Crippen LogP contribution in [0.2, 0.25) is 0 Å². The topological polar surface area (TPSA) is 0 Å². The molecule has 0 aromatic rings. The van der Waals surface area contributed by atoms with Crippen LogP contribution in [0.15, 0.2) is 0 Å². The average molecular weight is 154 g/mol. The summed E-state index contributed by atoms with van der Waals surface area (Å²) in [6.07, 6.45) is 0. The predicted molar refractivity (Wildman–Crippen MR) is 40.3 cm³/mol. The summed E-state index contributed by atoms with van der Waals surface area (Å²) >= 11 is 7.45. The summed E-state index contributed by atoms with van der Waals surface area (Å²) in [5.74, 6) is 0. The number of hydrogen-bond acceptors (Lipinski definition) is 4. The van der Waals surface area contributed by atoms with Crippen LogP contribution in [0.4, 0.5) is 0 Å². The van der Waals surface area contributed by atoms with Crippen molar-refractivity contribution >= 4 is 72.5 Å². The first kappa shape index (κ1) is 10.4. The van der Waals surface area contributed by atoms with Crippen LogP contribution in [0.5, 0.6) is 0 Å². The zero-order valence-electron chi connectivity index (χ0n) is 1.71. The van der Waals surface area contributed by atoms with Crippen molar-refractivity contribution < 1.29 is 0 Å². The fourth-order valence-corrected chi connectivity index (χ4v) is 0. The first-order valence-corrected chi connectivity index (χ1v) is 4.79. The van der Waals surface area contributed by atoms with E-state index in [9.17, 15) is 0 Å². The van der Waals surface area contributed by atoms with E-state index in [-0.39, 0.29) is 29.6 Å². The fourth-order valence-electron chi connectivity index (χ4n) is 0. The van der Waals surface area contributed by atoms with Gasteiger partial charge in [0.15, 0.2) is 0 Å². The predicted octanol–water partition coefficient (Wildman–Crippen LogP) is 1.41. The van der Waals surface area contributed by atoms with Gasteiger partial charge in [-0.15, -0.1) is 0 Å². The summed E-state index contributed by atoms with van der Waals surface area (Å²) in [5.41, 5.74) is 0. The molecule has 0 fully saturated rings. The zero-order valence-corrected chi connectivity index (χ0v) is 5.13. The molecule has 0 aliphatic rings. The second-order valence-electron chi connectivity index (χ2n) is 0.149. The Morgan fingerprint density at radius 2 is 1.20 bits per heavy atom. The Hall–Kier alpha value is 2.40. The van der Waals surface area contributed by atoms with Crippen molar-refractivity contribution in [3.05, 3.63) is 0 Å². The molecule has 0 bridgehead atoms. The SMILES string of the molecule is SSSS.[NaH]. The Labute approximate surface area is 71.5 Å². The Morgan fingerprint density at radius 3 is 1.20 bits per heavy atom. The van der Waals surface area contributed by atoms with Gasteiger partial charge in [-0.3, -0.25) is 0 Å². The Morgan fingerprint density at radius 1 is 1.00 bits per heavy atom.